The molecule has 0 radical (unpaired) electrons. The largest absolute Gasteiger partial charge is 0.490 e. The summed E-state index contributed by atoms with van der Waals surface area (Å²) in [6.07, 6.45) is 13.7. The normalized spacial score (nSPS) is 24.4. The van der Waals surface area contributed by atoms with Gasteiger partial charge in [0.05, 0.1) is 6.61 Å². The predicted molar refractivity (Wildman–Crippen MR) is 142 cm³/mol. The molecule has 4 rings (SSSR count). The van der Waals surface area contributed by atoms with Crippen molar-refractivity contribution in [1.82, 2.24) is 0 Å². The molecule has 0 aromatic heterocycles. The van der Waals surface area contributed by atoms with Gasteiger partial charge in [0, 0.05) is 5.56 Å². The van der Waals surface area contributed by atoms with E-state index in [9.17, 15) is 8.78 Å². The lowest BCUT2D eigenvalue weighted by Gasteiger charge is -2.29. The maximum absolute atomic E-state index is 15.1. The molecule has 0 bridgehead atoms. The Hall–Kier alpha value is -2.56. The SMILES string of the molecule is C=CCCCOc1ccc(/C=C/C2CCC(c3ccc(C4CCC(C)CC4)c(F)c3F)CC2)c(F)c1F. The van der Waals surface area contributed by atoms with Gasteiger partial charge in [-0.3, -0.25) is 0 Å². The summed E-state index contributed by atoms with van der Waals surface area (Å²) < 4.78 is 64.4. The lowest BCUT2D eigenvalue weighted by molar-refractivity contribution is 0.291. The fourth-order valence-electron chi connectivity index (χ4n) is 5.84. The summed E-state index contributed by atoms with van der Waals surface area (Å²) in [5, 5.41) is 0. The van der Waals surface area contributed by atoms with E-state index in [-0.39, 0.29) is 29.1 Å². The van der Waals surface area contributed by atoms with Gasteiger partial charge in [0.2, 0.25) is 5.82 Å². The van der Waals surface area contributed by atoms with Crippen LogP contribution in [-0.4, -0.2) is 6.61 Å². The Balaban J connectivity index is 1.34. The van der Waals surface area contributed by atoms with E-state index in [1.807, 2.05) is 12.1 Å². The second kappa shape index (κ2) is 12.8. The van der Waals surface area contributed by atoms with E-state index < -0.39 is 23.3 Å². The minimum Gasteiger partial charge on any atom is -0.490 e. The van der Waals surface area contributed by atoms with E-state index in [2.05, 4.69) is 13.5 Å². The van der Waals surface area contributed by atoms with Gasteiger partial charge in [0.1, 0.15) is 0 Å². The van der Waals surface area contributed by atoms with E-state index >= 15 is 8.78 Å². The molecule has 37 heavy (non-hydrogen) atoms. The first-order valence-corrected chi connectivity index (χ1v) is 13.8. The zero-order chi connectivity index (χ0) is 26.4. The highest BCUT2D eigenvalue weighted by Gasteiger charge is 2.28. The Kier molecular flexibility index (Phi) is 9.50. The van der Waals surface area contributed by atoms with Crippen LogP contribution in [0.2, 0.25) is 0 Å². The van der Waals surface area contributed by atoms with Crippen molar-refractivity contribution in [3.8, 4) is 5.75 Å². The van der Waals surface area contributed by atoms with Crippen LogP contribution in [0.4, 0.5) is 17.6 Å². The molecule has 200 valence electrons. The third kappa shape index (κ3) is 6.66. The standard InChI is InChI=1S/C32H38F4O/c1-3-4-5-20-37-28-19-16-25(29(33)32(28)36)15-10-22-8-13-24(14-9-22)27-18-17-26(30(34)31(27)35)23-11-6-21(2)7-12-23/h3,10,15-19,21-24H,1,4-9,11-14,20H2,2H3/b15-10+. The Morgan fingerprint density at radius 1 is 0.784 bits per heavy atom. The van der Waals surface area contributed by atoms with Crippen LogP contribution in [0.5, 0.6) is 5.75 Å². The second-order valence-electron chi connectivity index (χ2n) is 10.9. The second-order valence-corrected chi connectivity index (χ2v) is 10.9. The molecule has 0 saturated heterocycles. The van der Waals surface area contributed by atoms with E-state index in [1.165, 1.54) is 12.1 Å². The van der Waals surface area contributed by atoms with Crippen molar-refractivity contribution >= 4 is 6.08 Å². The number of hydrogen-bond donors (Lipinski definition) is 0. The highest BCUT2D eigenvalue weighted by Crippen LogP contribution is 2.41. The lowest BCUT2D eigenvalue weighted by atomic mass is 9.76. The molecule has 1 nitrogen and oxygen atoms in total. The first kappa shape index (κ1) is 27.5. The van der Waals surface area contributed by atoms with E-state index in [0.717, 1.165) is 57.8 Å². The van der Waals surface area contributed by atoms with Crippen molar-refractivity contribution in [2.24, 2.45) is 11.8 Å². The number of halogens is 4. The van der Waals surface area contributed by atoms with Crippen molar-refractivity contribution in [3.63, 3.8) is 0 Å². The summed E-state index contributed by atoms with van der Waals surface area (Å²) in [4.78, 5) is 0. The maximum atomic E-state index is 15.1. The average Bonchev–Trinajstić information content (AvgIpc) is 2.91. The third-order valence-corrected chi connectivity index (χ3v) is 8.24. The average molecular weight is 515 g/mol. The number of allylic oxidation sites excluding steroid dienone is 2. The molecule has 0 spiro atoms. The first-order valence-electron chi connectivity index (χ1n) is 13.8. The van der Waals surface area contributed by atoms with Crippen LogP contribution in [-0.2, 0) is 0 Å². The molecule has 2 aliphatic carbocycles. The summed E-state index contributed by atoms with van der Waals surface area (Å²) >= 11 is 0. The van der Waals surface area contributed by atoms with Crippen LogP contribution < -0.4 is 4.74 Å². The van der Waals surface area contributed by atoms with E-state index in [4.69, 9.17) is 4.74 Å². The van der Waals surface area contributed by atoms with E-state index in [0.29, 0.717) is 30.1 Å². The fraction of sp³-hybridized carbons (Fsp3) is 0.500. The topological polar surface area (TPSA) is 9.23 Å². The molecule has 2 saturated carbocycles. The zero-order valence-corrected chi connectivity index (χ0v) is 21.8. The summed E-state index contributed by atoms with van der Waals surface area (Å²) in [6, 6.07) is 6.59. The van der Waals surface area contributed by atoms with E-state index in [1.54, 1.807) is 18.2 Å². The fourth-order valence-corrected chi connectivity index (χ4v) is 5.84. The van der Waals surface area contributed by atoms with Gasteiger partial charge in [-0.25, -0.2) is 13.2 Å². The number of rotatable bonds is 9. The minimum atomic E-state index is -0.979. The lowest BCUT2D eigenvalue weighted by Crippen LogP contribution is -2.16. The number of benzene rings is 2. The summed E-state index contributed by atoms with van der Waals surface area (Å²) in [5.74, 6) is -2.39. The van der Waals surface area contributed by atoms with Crippen LogP contribution in [0.25, 0.3) is 6.08 Å². The molecule has 0 aliphatic heterocycles. The predicted octanol–water partition coefficient (Wildman–Crippen LogP) is 9.87. The molecule has 2 aliphatic rings. The Bertz CT molecular complexity index is 1090. The van der Waals surface area contributed by atoms with Crippen molar-refractivity contribution in [2.75, 3.05) is 6.61 Å². The van der Waals surface area contributed by atoms with Crippen LogP contribution in [0.1, 0.15) is 99.7 Å². The quantitative estimate of drug-likeness (QED) is 0.184. The van der Waals surface area contributed by atoms with Crippen LogP contribution in [0, 0.1) is 35.1 Å². The maximum Gasteiger partial charge on any atom is 0.201 e. The van der Waals surface area contributed by atoms with Crippen molar-refractivity contribution in [2.45, 2.75) is 83.0 Å². The molecule has 0 unspecified atom stereocenters. The number of ether oxygens (including phenoxy) is 1. The number of hydrogen-bond acceptors (Lipinski definition) is 1. The molecule has 0 atom stereocenters. The zero-order valence-electron chi connectivity index (χ0n) is 21.8. The highest BCUT2D eigenvalue weighted by molar-refractivity contribution is 5.52. The van der Waals surface area contributed by atoms with Crippen molar-refractivity contribution in [3.05, 3.63) is 83.0 Å². The van der Waals surface area contributed by atoms with Gasteiger partial charge >= 0.3 is 0 Å². The minimum absolute atomic E-state index is 0.0220. The summed E-state index contributed by atoms with van der Waals surface area (Å²) in [7, 11) is 0. The van der Waals surface area contributed by atoms with Crippen LogP contribution in [0.3, 0.4) is 0 Å². The molecule has 2 aromatic carbocycles. The molecular formula is C32H38F4O. The van der Waals surface area contributed by atoms with Crippen molar-refractivity contribution < 1.29 is 22.3 Å². The molecule has 0 N–H and O–H groups in total. The summed E-state index contributed by atoms with van der Waals surface area (Å²) in [6.45, 7) is 6.14. The molecule has 5 heteroatoms. The van der Waals surface area contributed by atoms with Crippen LogP contribution in [0.15, 0.2) is 43.0 Å². The Morgan fingerprint density at radius 2 is 1.38 bits per heavy atom. The van der Waals surface area contributed by atoms with Gasteiger partial charge in [-0.05, 0) is 98.3 Å². The van der Waals surface area contributed by atoms with Gasteiger partial charge in [-0.1, -0.05) is 50.1 Å². The Morgan fingerprint density at radius 3 is 1.97 bits per heavy atom. The monoisotopic (exact) mass is 514 g/mol. The van der Waals surface area contributed by atoms with Crippen molar-refractivity contribution in [1.29, 1.82) is 0 Å². The molecule has 2 aromatic rings. The summed E-state index contributed by atoms with van der Waals surface area (Å²) in [5.41, 5.74) is 1.19. The molecular weight excluding hydrogens is 476 g/mol. The van der Waals surface area contributed by atoms with Gasteiger partial charge in [0.25, 0.3) is 0 Å². The van der Waals surface area contributed by atoms with Gasteiger partial charge in [-0.15, -0.1) is 6.58 Å². The third-order valence-electron chi connectivity index (χ3n) is 8.24. The van der Waals surface area contributed by atoms with Gasteiger partial charge < -0.3 is 4.74 Å². The number of unbranched alkanes of at least 4 members (excludes halogenated alkanes) is 1. The molecule has 0 amide bonds. The highest BCUT2D eigenvalue weighted by atomic mass is 19.2. The van der Waals surface area contributed by atoms with Crippen LogP contribution >= 0.6 is 0 Å². The van der Waals surface area contributed by atoms with Gasteiger partial charge in [0.15, 0.2) is 23.2 Å². The Labute approximate surface area is 218 Å². The first-order chi connectivity index (χ1) is 17.9. The van der Waals surface area contributed by atoms with Gasteiger partial charge in [-0.2, -0.15) is 4.39 Å². The smallest absolute Gasteiger partial charge is 0.201 e. The molecule has 0 heterocycles. The molecule has 2 fully saturated rings.